The minimum Gasteiger partial charge on any atom is -0.396 e. The van der Waals surface area contributed by atoms with E-state index in [0.29, 0.717) is 12.6 Å². The summed E-state index contributed by atoms with van der Waals surface area (Å²) in [4.78, 5) is 2.38. The van der Waals surface area contributed by atoms with Crippen molar-refractivity contribution in [1.29, 1.82) is 0 Å². The smallest absolute Gasteiger partial charge is 0.0431 e. The summed E-state index contributed by atoms with van der Waals surface area (Å²) in [6, 6.07) is 0.665. The normalized spacial score (nSPS) is 14.1. The lowest BCUT2D eigenvalue weighted by Crippen LogP contribution is -2.31. The van der Waals surface area contributed by atoms with Gasteiger partial charge in [0.25, 0.3) is 0 Å². The molecular weight excluding hydrogens is 162 g/mol. The van der Waals surface area contributed by atoms with Crippen LogP contribution in [0.15, 0.2) is 0 Å². The highest BCUT2D eigenvalue weighted by atomic mass is 16.2. The van der Waals surface area contributed by atoms with E-state index in [1.165, 1.54) is 6.42 Å². The van der Waals surface area contributed by atoms with Gasteiger partial charge in [-0.1, -0.05) is 13.8 Å². The van der Waals surface area contributed by atoms with Gasteiger partial charge >= 0.3 is 0 Å². The summed E-state index contributed by atoms with van der Waals surface area (Å²) in [5, 5.41) is 8.64. The third-order valence-corrected chi connectivity index (χ3v) is 2.48. The molecule has 2 nitrogen and oxygen atoms in total. The highest BCUT2D eigenvalue weighted by Crippen LogP contribution is 2.09. The van der Waals surface area contributed by atoms with Crippen molar-refractivity contribution in [3.8, 4) is 0 Å². The molecule has 0 saturated heterocycles. The Kier molecular flexibility index (Phi) is 7.29. The summed E-state index contributed by atoms with van der Waals surface area (Å²) < 4.78 is 0. The fraction of sp³-hybridized carbons (Fsp3) is 1.00. The Balaban J connectivity index is 3.50. The topological polar surface area (TPSA) is 23.5 Å². The van der Waals surface area contributed by atoms with Crippen LogP contribution in [0.2, 0.25) is 0 Å². The van der Waals surface area contributed by atoms with Crippen LogP contribution in [0.25, 0.3) is 0 Å². The van der Waals surface area contributed by atoms with Crippen LogP contribution < -0.4 is 0 Å². The minimum atomic E-state index is 0.326. The average molecular weight is 187 g/mol. The Hall–Kier alpha value is -0.0800. The van der Waals surface area contributed by atoms with Crippen molar-refractivity contribution in [1.82, 2.24) is 4.90 Å². The Morgan fingerprint density at radius 2 is 1.77 bits per heavy atom. The highest BCUT2D eigenvalue weighted by Gasteiger charge is 2.09. The molecule has 1 N–H and O–H groups in total. The third kappa shape index (κ3) is 7.03. The molecule has 0 aliphatic carbocycles. The van der Waals surface area contributed by atoms with Crippen molar-refractivity contribution in [3.05, 3.63) is 0 Å². The molecule has 0 aliphatic rings. The zero-order valence-electron chi connectivity index (χ0n) is 9.58. The monoisotopic (exact) mass is 187 g/mol. The molecule has 0 aromatic carbocycles. The average Bonchev–Trinajstić information content (AvgIpc) is 2.03. The first-order valence-corrected chi connectivity index (χ1v) is 5.39. The highest BCUT2D eigenvalue weighted by molar-refractivity contribution is 4.64. The molecule has 80 valence electrons. The quantitative estimate of drug-likeness (QED) is 0.617. The first-order chi connectivity index (χ1) is 6.07. The van der Waals surface area contributed by atoms with Gasteiger partial charge in [0.2, 0.25) is 0 Å². The van der Waals surface area contributed by atoms with Gasteiger partial charge in [-0.15, -0.1) is 0 Å². The van der Waals surface area contributed by atoms with Crippen LogP contribution >= 0.6 is 0 Å². The van der Waals surface area contributed by atoms with E-state index in [1.54, 1.807) is 0 Å². The van der Waals surface area contributed by atoms with Crippen molar-refractivity contribution >= 4 is 0 Å². The maximum Gasteiger partial charge on any atom is 0.0431 e. The zero-order chi connectivity index (χ0) is 10.3. The number of nitrogens with zero attached hydrogens (tertiary/aromatic N) is 1. The van der Waals surface area contributed by atoms with Crippen molar-refractivity contribution < 1.29 is 5.11 Å². The summed E-state index contributed by atoms with van der Waals surface area (Å²) in [6.07, 6.45) is 3.30. The van der Waals surface area contributed by atoms with Gasteiger partial charge in [-0.3, -0.25) is 0 Å². The summed E-state index contributed by atoms with van der Waals surface area (Å²) in [5.74, 6) is 0.773. The van der Waals surface area contributed by atoms with Crippen LogP contribution in [-0.2, 0) is 0 Å². The maximum atomic E-state index is 8.64. The molecular formula is C11H25NO. The lowest BCUT2D eigenvalue weighted by atomic mass is 10.0. The minimum absolute atomic E-state index is 0.326. The maximum absolute atomic E-state index is 8.64. The number of rotatable bonds is 7. The predicted molar refractivity (Wildman–Crippen MR) is 57.9 cm³/mol. The van der Waals surface area contributed by atoms with E-state index in [1.807, 2.05) is 0 Å². The van der Waals surface area contributed by atoms with E-state index < -0.39 is 0 Å². The number of unbranched alkanes of at least 4 members (excludes halogenated alkanes) is 1. The van der Waals surface area contributed by atoms with E-state index in [2.05, 4.69) is 32.7 Å². The van der Waals surface area contributed by atoms with Gasteiger partial charge in [0.1, 0.15) is 0 Å². The Morgan fingerprint density at radius 1 is 1.15 bits per heavy atom. The summed E-state index contributed by atoms with van der Waals surface area (Å²) in [5.41, 5.74) is 0. The summed E-state index contributed by atoms with van der Waals surface area (Å²) >= 11 is 0. The molecule has 0 rings (SSSR count). The Labute approximate surface area is 82.9 Å². The molecule has 1 unspecified atom stereocenters. The first-order valence-electron chi connectivity index (χ1n) is 5.39. The van der Waals surface area contributed by atoms with Crippen molar-refractivity contribution in [3.63, 3.8) is 0 Å². The standard InChI is InChI=1S/C11H25NO/c1-10(2)9-11(3)12(4)7-5-6-8-13/h10-11,13H,5-9H2,1-4H3. The third-order valence-electron chi connectivity index (χ3n) is 2.48. The molecule has 0 spiro atoms. The molecule has 0 aromatic rings. The summed E-state index contributed by atoms with van der Waals surface area (Å²) in [7, 11) is 2.17. The van der Waals surface area contributed by atoms with Crippen LogP contribution in [0.5, 0.6) is 0 Å². The molecule has 0 saturated carbocycles. The van der Waals surface area contributed by atoms with Crippen molar-refractivity contribution in [2.45, 2.75) is 46.1 Å². The second kappa shape index (κ2) is 7.34. The fourth-order valence-corrected chi connectivity index (χ4v) is 1.56. The zero-order valence-corrected chi connectivity index (χ0v) is 9.58. The molecule has 13 heavy (non-hydrogen) atoms. The lowest BCUT2D eigenvalue weighted by Gasteiger charge is -2.25. The molecule has 2 heteroatoms. The van der Waals surface area contributed by atoms with Crippen LogP contribution in [0, 0.1) is 5.92 Å². The van der Waals surface area contributed by atoms with Crippen molar-refractivity contribution in [2.75, 3.05) is 20.2 Å². The molecule has 0 radical (unpaired) electrons. The Morgan fingerprint density at radius 3 is 2.23 bits per heavy atom. The van der Waals surface area contributed by atoms with Gasteiger partial charge in [0.05, 0.1) is 0 Å². The van der Waals surface area contributed by atoms with E-state index in [0.717, 1.165) is 25.3 Å². The Bertz CT molecular complexity index is 115. The fourth-order valence-electron chi connectivity index (χ4n) is 1.56. The molecule has 0 amide bonds. The predicted octanol–water partition coefficient (Wildman–Crippen LogP) is 2.13. The van der Waals surface area contributed by atoms with Crippen LogP contribution in [0.1, 0.15) is 40.0 Å². The SMILES string of the molecule is CC(C)CC(C)N(C)CCCCO. The largest absolute Gasteiger partial charge is 0.396 e. The molecule has 0 aliphatic heterocycles. The second-order valence-electron chi connectivity index (χ2n) is 4.39. The van der Waals surface area contributed by atoms with Gasteiger partial charge < -0.3 is 10.0 Å². The molecule has 1 atom stereocenters. The number of hydrogen-bond donors (Lipinski definition) is 1. The number of aliphatic hydroxyl groups excluding tert-OH is 1. The van der Waals surface area contributed by atoms with Gasteiger partial charge in [-0.25, -0.2) is 0 Å². The van der Waals surface area contributed by atoms with Crippen LogP contribution in [-0.4, -0.2) is 36.2 Å². The van der Waals surface area contributed by atoms with Gasteiger partial charge in [0.15, 0.2) is 0 Å². The van der Waals surface area contributed by atoms with Gasteiger partial charge in [0, 0.05) is 12.6 Å². The molecule has 0 fully saturated rings. The first kappa shape index (κ1) is 12.9. The van der Waals surface area contributed by atoms with Crippen molar-refractivity contribution in [2.24, 2.45) is 5.92 Å². The van der Waals surface area contributed by atoms with Gasteiger partial charge in [-0.05, 0) is 45.7 Å². The van der Waals surface area contributed by atoms with Crippen LogP contribution in [0.4, 0.5) is 0 Å². The van der Waals surface area contributed by atoms with Gasteiger partial charge in [-0.2, -0.15) is 0 Å². The van der Waals surface area contributed by atoms with E-state index in [4.69, 9.17) is 5.11 Å². The lowest BCUT2D eigenvalue weighted by molar-refractivity contribution is 0.212. The molecule has 0 heterocycles. The number of aliphatic hydroxyl groups is 1. The van der Waals surface area contributed by atoms with Crippen LogP contribution in [0.3, 0.4) is 0 Å². The van der Waals surface area contributed by atoms with E-state index in [9.17, 15) is 0 Å². The molecule has 0 bridgehead atoms. The number of hydrogen-bond acceptors (Lipinski definition) is 2. The molecule has 0 aromatic heterocycles. The second-order valence-corrected chi connectivity index (χ2v) is 4.39. The van der Waals surface area contributed by atoms with E-state index >= 15 is 0 Å². The summed E-state index contributed by atoms with van der Waals surface area (Å²) in [6.45, 7) is 8.23. The van der Waals surface area contributed by atoms with E-state index in [-0.39, 0.29) is 0 Å².